The van der Waals surface area contributed by atoms with E-state index in [1.54, 1.807) is 6.20 Å². The third kappa shape index (κ3) is 1.25. The fourth-order valence-electron chi connectivity index (χ4n) is 1.25. The van der Waals surface area contributed by atoms with Crippen LogP contribution in [0.25, 0.3) is 0 Å². The van der Waals surface area contributed by atoms with Crippen LogP contribution in [-0.2, 0) is 0 Å². The lowest BCUT2D eigenvalue weighted by Crippen LogP contribution is -2.51. The van der Waals surface area contributed by atoms with Gasteiger partial charge in [-0.15, -0.1) is 5.10 Å². The van der Waals surface area contributed by atoms with Gasteiger partial charge < -0.3 is 10.0 Å². The molecule has 0 spiro atoms. The van der Waals surface area contributed by atoms with E-state index in [4.69, 9.17) is 5.11 Å². The smallest absolute Gasteiger partial charge is 0.151 e. The number of aromatic nitrogens is 2. The summed E-state index contributed by atoms with van der Waals surface area (Å²) >= 11 is 0. The maximum Gasteiger partial charge on any atom is 0.151 e. The van der Waals surface area contributed by atoms with Crippen molar-refractivity contribution in [3.63, 3.8) is 0 Å². The van der Waals surface area contributed by atoms with E-state index in [9.17, 15) is 0 Å². The first-order chi connectivity index (χ1) is 5.75. The molecular weight excluding hydrogens is 154 g/mol. The topological polar surface area (TPSA) is 49.2 Å². The molecule has 0 aromatic carbocycles. The molecule has 0 aliphatic carbocycles. The second-order valence-corrected chi connectivity index (χ2v) is 3.15. The molecule has 1 aliphatic heterocycles. The molecule has 64 valence electrons. The van der Waals surface area contributed by atoms with Crippen LogP contribution in [0.3, 0.4) is 0 Å². The molecule has 0 radical (unpaired) electrons. The average Bonchev–Trinajstić information content (AvgIpc) is 1.99. The first-order valence-electron chi connectivity index (χ1n) is 3.98. The number of rotatable bonds is 1. The molecule has 2 rings (SSSR count). The van der Waals surface area contributed by atoms with Gasteiger partial charge in [-0.1, -0.05) is 0 Å². The van der Waals surface area contributed by atoms with E-state index in [2.05, 4.69) is 10.2 Å². The van der Waals surface area contributed by atoms with Crippen LogP contribution < -0.4 is 4.90 Å². The van der Waals surface area contributed by atoms with Crippen LogP contribution in [0, 0.1) is 6.92 Å². The molecule has 1 fully saturated rings. The Labute approximate surface area is 70.8 Å². The Bertz CT molecular complexity index is 283. The summed E-state index contributed by atoms with van der Waals surface area (Å²) in [5, 5.41) is 16.9. The molecule has 1 N–H and O–H groups in total. The summed E-state index contributed by atoms with van der Waals surface area (Å²) in [7, 11) is 0. The summed E-state index contributed by atoms with van der Waals surface area (Å²) in [4.78, 5) is 2.00. The molecule has 0 saturated carbocycles. The number of nitrogens with zero attached hydrogens (tertiary/aromatic N) is 3. The molecule has 0 amide bonds. The Balaban J connectivity index is 2.13. The van der Waals surface area contributed by atoms with Gasteiger partial charge in [0, 0.05) is 13.1 Å². The Morgan fingerprint density at radius 3 is 2.92 bits per heavy atom. The number of hydrogen-bond acceptors (Lipinski definition) is 4. The van der Waals surface area contributed by atoms with Crippen LogP contribution in [-0.4, -0.2) is 34.5 Å². The van der Waals surface area contributed by atoms with Crippen molar-refractivity contribution in [2.24, 2.45) is 0 Å². The number of anilines is 1. The molecule has 2 heterocycles. The van der Waals surface area contributed by atoms with Gasteiger partial charge in [0.1, 0.15) is 0 Å². The summed E-state index contributed by atoms with van der Waals surface area (Å²) in [6.45, 7) is 3.34. The molecule has 12 heavy (non-hydrogen) atoms. The highest BCUT2D eigenvalue weighted by Crippen LogP contribution is 2.17. The zero-order chi connectivity index (χ0) is 8.55. The van der Waals surface area contributed by atoms with Crippen molar-refractivity contribution in [1.82, 2.24) is 10.2 Å². The van der Waals surface area contributed by atoms with E-state index in [1.165, 1.54) is 0 Å². The lowest BCUT2D eigenvalue weighted by molar-refractivity contribution is 0.141. The third-order valence-electron chi connectivity index (χ3n) is 1.96. The van der Waals surface area contributed by atoms with Crippen LogP contribution >= 0.6 is 0 Å². The normalized spacial score (nSPS) is 17.7. The van der Waals surface area contributed by atoms with Gasteiger partial charge in [0.2, 0.25) is 0 Å². The van der Waals surface area contributed by atoms with Gasteiger partial charge in [-0.3, -0.25) is 0 Å². The van der Waals surface area contributed by atoms with Crippen molar-refractivity contribution in [2.75, 3.05) is 18.0 Å². The van der Waals surface area contributed by atoms with Gasteiger partial charge in [-0.05, 0) is 18.6 Å². The first-order valence-corrected chi connectivity index (χ1v) is 3.98. The van der Waals surface area contributed by atoms with Crippen molar-refractivity contribution in [2.45, 2.75) is 13.0 Å². The Kier molecular flexibility index (Phi) is 1.69. The van der Waals surface area contributed by atoms with E-state index in [1.807, 2.05) is 17.9 Å². The largest absolute Gasteiger partial charge is 0.389 e. The second-order valence-electron chi connectivity index (χ2n) is 3.15. The Morgan fingerprint density at radius 2 is 2.33 bits per heavy atom. The second kappa shape index (κ2) is 2.71. The molecule has 1 aliphatic rings. The fourth-order valence-corrected chi connectivity index (χ4v) is 1.25. The Hall–Kier alpha value is -1.16. The van der Waals surface area contributed by atoms with E-state index in [0.717, 1.165) is 11.4 Å². The van der Waals surface area contributed by atoms with Gasteiger partial charge in [0.25, 0.3) is 0 Å². The minimum Gasteiger partial charge on any atom is -0.389 e. The molecule has 1 aromatic rings. The van der Waals surface area contributed by atoms with Gasteiger partial charge in [0.15, 0.2) is 5.82 Å². The molecular formula is C8H11N3O. The molecule has 1 aromatic heterocycles. The van der Waals surface area contributed by atoms with Gasteiger partial charge in [-0.2, -0.15) is 5.10 Å². The number of aliphatic hydroxyl groups excluding tert-OH is 1. The number of aryl methyl sites for hydroxylation is 1. The predicted molar refractivity (Wildman–Crippen MR) is 45.0 cm³/mol. The number of aliphatic hydroxyl groups is 1. The standard InChI is InChI=1S/C8H11N3O/c1-6-2-8(10-9-3-6)11-4-7(12)5-11/h2-3,7,12H,4-5H2,1H3. The minimum atomic E-state index is -0.188. The number of β-amino-alcohol motifs (C(OH)–C–C–N with tert-alkyl or cyclic N) is 1. The maximum atomic E-state index is 9.06. The minimum absolute atomic E-state index is 0.188. The summed E-state index contributed by atoms with van der Waals surface area (Å²) in [6, 6.07) is 1.97. The third-order valence-corrected chi connectivity index (χ3v) is 1.96. The molecule has 4 nitrogen and oxygen atoms in total. The molecule has 0 unspecified atom stereocenters. The van der Waals surface area contributed by atoms with Crippen LogP contribution in [0.15, 0.2) is 12.3 Å². The van der Waals surface area contributed by atoms with E-state index >= 15 is 0 Å². The monoisotopic (exact) mass is 165 g/mol. The van der Waals surface area contributed by atoms with E-state index in [0.29, 0.717) is 13.1 Å². The highest BCUT2D eigenvalue weighted by molar-refractivity contribution is 5.42. The van der Waals surface area contributed by atoms with Crippen LogP contribution in [0.4, 0.5) is 5.82 Å². The summed E-state index contributed by atoms with van der Waals surface area (Å²) in [5.41, 5.74) is 1.10. The quantitative estimate of drug-likeness (QED) is 0.634. The maximum absolute atomic E-state index is 9.06. The van der Waals surface area contributed by atoms with Crippen molar-refractivity contribution >= 4 is 5.82 Å². The van der Waals surface area contributed by atoms with Crippen molar-refractivity contribution < 1.29 is 5.11 Å². The summed E-state index contributed by atoms with van der Waals surface area (Å²) in [6.07, 6.45) is 1.53. The summed E-state index contributed by atoms with van der Waals surface area (Å²) in [5.74, 6) is 0.861. The van der Waals surface area contributed by atoms with Crippen LogP contribution in [0.1, 0.15) is 5.56 Å². The predicted octanol–water partition coefficient (Wildman–Crippen LogP) is -0.0341. The van der Waals surface area contributed by atoms with Crippen molar-refractivity contribution in [1.29, 1.82) is 0 Å². The SMILES string of the molecule is Cc1cnnc(N2CC(O)C2)c1. The summed E-state index contributed by atoms with van der Waals surface area (Å²) < 4.78 is 0. The molecule has 0 atom stereocenters. The van der Waals surface area contributed by atoms with Crippen molar-refractivity contribution in [3.05, 3.63) is 17.8 Å². The van der Waals surface area contributed by atoms with Gasteiger partial charge in [0.05, 0.1) is 12.3 Å². The molecule has 4 heteroatoms. The first kappa shape index (κ1) is 7.49. The van der Waals surface area contributed by atoms with Crippen molar-refractivity contribution in [3.8, 4) is 0 Å². The van der Waals surface area contributed by atoms with Crippen LogP contribution in [0.5, 0.6) is 0 Å². The highest BCUT2D eigenvalue weighted by Gasteiger charge is 2.25. The molecule has 0 bridgehead atoms. The average molecular weight is 165 g/mol. The number of hydrogen-bond donors (Lipinski definition) is 1. The van der Waals surface area contributed by atoms with Crippen LogP contribution in [0.2, 0.25) is 0 Å². The fraction of sp³-hybridized carbons (Fsp3) is 0.500. The Morgan fingerprint density at radius 1 is 1.58 bits per heavy atom. The van der Waals surface area contributed by atoms with Gasteiger partial charge >= 0.3 is 0 Å². The zero-order valence-corrected chi connectivity index (χ0v) is 6.94. The lowest BCUT2D eigenvalue weighted by Gasteiger charge is -2.36. The molecule has 1 saturated heterocycles. The van der Waals surface area contributed by atoms with E-state index < -0.39 is 0 Å². The van der Waals surface area contributed by atoms with E-state index in [-0.39, 0.29) is 6.10 Å². The highest BCUT2D eigenvalue weighted by atomic mass is 16.3. The lowest BCUT2D eigenvalue weighted by atomic mass is 10.1. The van der Waals surface area contributed by atoms with Gasteiger partial charge in [-0.25, -0.2) is 0 Å². The zero-order valence-electron chi connectivity index (χ0n) is 6.94.